The molecule has 0 aromatic carbocycles. The smallest absolute Gasteiger partial charge is 0.224 e. The van der Waals surface area contributed by atoms with Gasteiger partial charge in [-0.3, -0.25) is 14.3 Å². The van der Waals surface area contributed by atoms with E-state index >= 15 is 0 Å². The Hall–Kier alpha value is -1.72. The number of carbonyl (C=O) groups excluding carboxylic acids is 2. The van der Waals surface area contributed by atoms with Crippen LogP contribution in [-0.4, -0.2) is 32.7 Å². The summed E-state index contributed by atoms with van der Waals surface area (Å²) in [6, 6.07) is -0.0130. The monoisotopic (exact) mass is 318 g/mol. The molecule has 1 aromatic rings. The van der Waals surface area contributed by atoms with Gasteiger partial charge in [-0.1, -0.05) is 18.6 Å². The third-order valence-electron chi connectivity index (χ3n) is 5.03. The normalized spacial score (nSPS) is 27.4. The number of unbranched alkanes of at least 4 members (excludes halogenated alkanes) is 1. The van der Waals surface area contributed by atoms with E-state index in [2.05, 4.69) is 22.6 Å². The fourth-order valence-corrected chi connectivity index (χ4v) is 3.77. The van der Waals surface area contributed by atoms with Crippen molar-refractivity contribution in [2.45, 2.75) is 65.0 Å². The largest absolute Gasteiger partial charge is 0.352 e. The number of hydrogen-bond acceptors (Lipinski definition) is 4. The number of ketones is 1. The summed E-state index contributed by atoms with van der Waals surface area (Å²) in [5, 5.41) is 11.3. The number of aryl methyl sites for hydroxylation is 1. The van der Waals surface area contributed by atoms with Gasteiger partial charge in [-0.15, -0.1) is 5.10 Å². The molecule has 6 heteroatoms. The summed E-state index contributed by atoms with van der Waals surface area (Å²) in [5.74, 6) is 0.543. The SMILES string of the molecule is CCCCc1cn(C[C@@H](C)NC(=O)[C@@H]2[C@H]3CCCC(=O)[C@H]32)nn1. The van der Waals surface area contributed by atoms with Crippen molar-refractivity contribution in [2.24, 2.45) is 17.8 Å². The Morgan fingerprint density at radius 3 is 3.09 bits per heavy atom. The Kier molecular flexibility index (Phi) is 4.78. The van der Waals surface area contributed by atoms with Crippen LogP contribution in [0.2, 0.25) is 0 Å². The lowest BCUT2D eigenvalue weighted by Crippen LogP contribution is -2.37. The summed E-state index contributed by atoms with van der Waals surface area (Å²) in [5.41, 5.74) is 1.00. The van der Waals surface area contributed by atoms with E-state index in [0.29, 0.717) is 18.9 Å². The molecule has 2 aliphatic rings. The van der Waals surface area contributed by atoms with E-state index in [1.54, 1.807) is 4.68 Å². The van der Waals surface area contributed by atoms with E-state index in [1.165, 1.54) is 0 Å². The summed E-state index contributed by atoms with van der Waals surface area (Å²) in [7, 11) is 0. The molecule has 6 nitrogen and oxygen atoms in total. The predicted molar refractivity (Wildman–Crippen MR) is 85.6 cm³/mol. The fraction of sp³-hybridized carbons (Fsp3) is 0.765. The number of amides is 1. The van der Waals surface area contributed by atoms with Crippen molar-refractivity contribution in [1.29, 1.82) is 0 Å². The lowest BCUT2D eigenvalue weighted by molar-refractivity contribution is -0.126. The lowest BCUT2D eigenvalue weighted by atomic mass is 10.00. The standard InChI is InChI=1S/C17H26N4O2/c1-3-4-6-12-10-21(20-19-12)9-11(2)18-17(23)16-13-7-5-8-14(22)15(13)16/h10-11,13,15-16H,3-9H2,1-2H3,(H,18,23)/t11-,13+,15+,16-/m1/s1. The molecule has 0 spiro atoms. The van der Waals surface area contributed by atoms with E-state index in [-0.39, 0.29) is 29.6 Å². The zero-order valence-electron chi connectivity index (χ0n) is 14.0. The molecule has 1 amide bonds. The second-order valence-electron chi connectivity index (χ2n) is 7.02. The van der Waals surface area contributed by atoms with Crippen molar-refractivity contribution in [1.82, 2.24) is 20.3 Å². The van der Waals surface area contributed by atoms with E-state index in [4.69, 9.17) is 0 Å². The van der Waals surface area contributed by atoms with Gasteiger partial charge in [0.25, 0.3) is 0 Å². The van der Waals surface area contributed by atoms with Gasteiger partial charge in [0.05, 0.1) is 18.2 Å². The molecule has 2 fully saturated rings. The first-order valence-electron chi connectivity index (χ1n) is 8.82. The average molecular weight is 318 g/mol. The van der Waals surface area contributed by atoms with Gasteiger partial charge in [0.1, 0.15) is 5.78 Å². The molecule has 126 valence electrons. The number of carbonyl (C=O) groups is 2. The van der Waals surface area contributed by atoms with Gasteiger partial charge >= 0.3 is 0 Å². The van der Waals surface area contributed by atoms with Gasteiger partial charge in [0.2, 0.25) is 5.91 Å². The number of Topliss-reactive ketones (excluding diaryl/α,β-unsaturated/α-hetero) is 1. The van der Waals surface area contributed by atoms with Crippen LogP contribution in [0.1, 0.15) is 51.6 Å². The van der Waals surface area contributed by atoms with Gasteiger partial charge in [0.15, 0.2) is 0 Å². The minimum absolute atomic E-state index is 0.00275. The van der Waals surface area contributed by atoms with Gasteiger partial charge in [-0.2, -0.15) is 0 Å². The van der Waals surface area contributed by atoms with Crippen LogP contribution in [0.25, 0.3) is 0 Å². The van der Waals surface area contributed by atoms with E-state index in [9.17, 15) is 9.59 Å². The molecule has 1 N–H and O–H groups in total. The lowest BCUT2D eigenvalue weighted by Gasteiger charge is -2.13. The van der Waals surface area contributed by atoms with E-state index in [0.717, 1.165) is 37.8 Å². The van der Waals surface area contributed by atoms with Crippen LogP contribution in [0, 0.1) is 17.8 Å². The van der Waals surface area contributed by atoms with Crippen LogP contribution < -0.4 is 5.32 Å². The Balaban J connectivity index is 1.47. The van der Waals surface area contributed by atoms with Crippen molar-refractivity contribution in [2.75, 3.05) is 0 Å². The summed E-state index contributed by atoms with van der Waals surface area (Å²) in [6.45, 7) is 4.74. The highest BCUT2D eigenvalue weighted by Gasteiger charge is 2.59. The second kappa shape index (κ2) is 6.81. The highest BCUT2D eigenvalue weighted by atomic mass is 16.2. The Bertz CT molecular complexity index is 583. The van der Waals surface area contributed by atoms with Crippen LogP contribution in [0.4, 0.5) is 0 Å². The Morgan fingerprint density at radius 2 is 2.35 bits per heavy atom. The van der Waals surface area contributed by atoms with Gasteiger partial charge < -0.3 is 5.32 Å². The Labute approximate surface area is 137 Å². The minimum Gasteiger partial charge on any atom is -0.352 e. The molecule has 0 unspecified atom stereocenters. The van der Waals surface area contributed by atoms with E-state index in [1.807, 2.05) is 13.1 Å². The molecule has 0 radical (unpaired) electrons. The molecule has 0 saturated heterocycles. The zero-order chi connectivity index (χ0) is 16.4. The van der Waals surface area contributed by atoms with Crippen molar-refractivity contribution in [3.63, 3.8) is 0 Å². The van der Waals surface area contributed by atoms with Crippen LogP contribution in [-0.2, 0) is 22.6 Å². The fourth-order valence-electron chi connectivity index (χ4n) is 3.77. The number of nitrogens with one attached hydrogen (secondary N) is 1. The molecule has 23 heavy (non-hydrogen) atoms. The Morgan fingerprint density at radius 1 is 1.52 bits per heavy atom. The molecule has 4 atom stereocenters. The molecular formula is C17H26N4O2. The molecular weight excluding hydrogens is 292 g/mol. The second-order valence-corrected chi connectivity index (χ2v) is 7.02. The number of hydrogen-bond donors (Lipinski definition) is 1. The van der Waals surface area contributed by atoms with E-state index < -0.39 is 0 Å². The number of aromatic nitrogens is 3. The third kappa shape index (κ3) is 3.62. The van der Waals surface area contributed by atoms with Gasteiger partial charge in [0, 0.05) is 24.6 Å². The maximum atomic E-state index is 12.4. The third-order valence-corrected chi connectivity index (χ3v) is 5.03. The average Bonchev–Trinajstić information content (AvgIpc) is 3.11. The van der Waals surface area contributed by atoms with Crippen LogP contribution in [0.5, 0.6) is 0 Å². The van der Waals surface area contributed by atoms with Crippen LogP contribution in [0.3, 0.4) is 0 Å². The number of rotatable bonds is 7. The summed E-state index contributed by atoms with van der Waals surface area (Å²) < 4.78 is 1.79. The quantitative estimate of drug-likeness (QED) is 0.831. The number of fused-ring (bicyclic) bond motifs is 1. The summed E-state index contributed by atoms with van der Waals surface area (Å²) in [6.07, 6.45) is 7.78. The molecule has 1 heterocycles. The predicted octanol–water partition coefficient (Wildman–Crippen LogP) is 1.74. The minimum atomic E-state index is -0.0803. The molecule has 0 bridgehead atoms. The molecule has 2 saturated carbocycles. The topological polar surface area (TPSA) is 76.9 Å². The van der Waals surface area contributed by atoms with Crippen molar-refractivity contribution < 1.29 is 9.59 Å². The molecule has 0 aliphatic heterocycles. The summed E-state index contributed by atoms with van der Waals surface area (Å²) >= 11 is 0. The first-order chi connectivity index (χ1) is 11.1. The highest BCUT2D eigenvalue weighted by Crippen LogP contribution is 2.53. The van der Waals surface area contributed by atoms with Crippen LogP contribution >= 0.6 is 0 Å². The number of nitrogens with zero attached hydrogens (tertiary/aromatic N) is 3. The van der Waals surface area contributed by atoms with Crippen molar-refractivity contribution >= 4 is 11.7 Å². The molecule has 1 aromatic heterocycles. The first-order valence-corrected chi connectivity index (χ1v) is 8.82. The van der Waals surface area contributed by atoms with Gasteiger partial charge in [-0.25, -0.2) is 0 Å². The summed E-state index contributed by atoms with van der Waals surface area (Å²) in [4.78, 5) is 24.2. The van der Waals surface area contributed by atoms with Crippen molar-refractivity contribution in [3.05, 3.63) is 11.9 Å². The maximum absolute atomic E-state index is 12.4. The van der Waals surface area contributed by atoms with Crippen LogP contribution in [0.15, 0.2) is 6.20 Å². The first kappa shape index (κ1) is 16.1. The highest BCUT2D eigenvalue weighted by molar-refractivity contribution is 5.95. The molecule has 2 aliphatic carbocycles. The van der Waals surface area contributed by atoms with Gasteiger partial charge in [-0.05, 0) is 38.5 Å². The van der Waals surface area contributed by atoms with Crippen molar-refractivity contribution in [3.8, 4) is 0 Å². The molecule has 3 rings (SSSR count). The zero-order valence-corrected chi connectivity index (χ0v) is 14.0. The maximum Gasteiger partial charge on any atom is 0.224 e.